The van der Waals surface area contributed by atoms with E-state index in [4.69, 9.17) is 4.43 Å². The molecule has 0 bridgehead atoms. The Balaban J connectivity index is 0. The van der Waals surface area contributed by atoms with Gasteiger partial charge in [0.1, 0.15) is 0 Å². The van der Waals surface area contributed by atoms with E-state index >= 15 is 0 Å². The van der Waals surface area contributed by atoms with Gasteiger partial charge in [-0.2, -0.15) is 6.08 Å². The molecule has 0 aromatic carbocycles. The summed E-state index contributed by atoms with van der Waals surface area (Å²) in [6, 6.07) is 3.47. The first-order chi connectivity index (χ1) is 6.17. The Morgan fingerprint density at radius 3 is 1.93 bits per heavy atom. The normalized spacial score (nSPS) is 11.8. The van der Waals surface area contributed by atoms with Crippen LogP contribution in [0.1, 0.15) is 20.8 Å². The summed E-state index contributed by atoms with van der Waals surface area (Å²) in [6.45, 7) is 14.0. The van der Waals surface area contributed by atoms with Crippen molar-refractivity contribution in [2.24, 2.45) is 0 Å². The van der Waals surface area contributed by atoms with Crippen LogP contribution in [0.15, 0.2) is 24.5 Å². The second-order valence-corrected chi connectivity index (χ2v) is 7.85. The molecule has 1 nitrogen and oxygen atoms in total. The average molecular weight is 204 g/mol. The van der Waals surface area contributed by atoms with Crippen LogP contribution in [0.3, 0.4) is 0 Å². The molecule has 0 rings (SSSR count). The summed E-state index contributed by atoms with van der Waals surface area (Å²) >= 11 is 0. The van der Waals surface area contributed by atoms with E-state index in [1.54, 1.807) is 12.2 Å². The van der Waals surface area contributed by atoms with Crippen molar-refractivity contribution in [3.63, 3.8) is 0 Å². The van der Waals surface area contributed by atoms with Crippen molar-refractivity contribution in [3.8, 4) is 0 Å². The van der Waals surface area contributed by atoms with Gasteiger partial charge in [0.25, 0.3) is 0 Å². The molecule has 0 heterocycles. The summed E-state index contributed by atoms with van der Waals surface area (Å²) in [7, 11) is -1.50. The van der Waals surface area contributed by atoms with E-state index < -0.39 is 8.32 Å². The van der Waals surface area contributed by atoms with E-state index in [0.29, 0.717) is 0 Å². The molecule has 0 fully saturated rings. The Bertz CT molecular complexity index is 177. The van der Waals surface area contributed by atoms with Gasteiger partial charge in [-0.1, -0.05) is 26.5 Å². The van der Waals surface area contributed by atoms with Gasteiger partial charge >= 0.3 is 18.9 Å². The minimum atomic E-state index is -1.50. The summed E-state index contributed by atoms with van der Waals surface area (Å²) in [5, 5.41) is 0. The minimum absolute atomic E-state index is 0. The Hall–Kier alpha value is -0.0357. The molecule has 0 aliphatic rings. The van der Waals surface area contributed by atoms with Gasteiger partial charge < -0.3 is 4.43 Å². The third kappa shape index (κ3) is 4.46. The molecule has 0 aliphatic heterocycles. The van der Waals surface area contributed by atoms with Crippen molar-refractivity contribution in [2.75, 3.05) is 0 Å². The predicted octanol–water partition coefficient (Wildman–Crippen LogP) is 0.916. The molecule has 0 aromatic rings. The second kappa shape index (κ2) is 8.29. The quantitative estimate of drug-likeness (QED) is 0.270. The summed E-state index contributed by atoms with van der Waals surface area (Å²) in [5.74, 6) is 0.845. The van der Waals surface area contributed by atoms with Gasteiger partial charge in [-0.3, -0.25) is 0 Å². The van der Waals surface area contributed by atoms with Crippen LogP contribution in [0, 0.1) is 6.92 Å². The summed E-state index contributed by atoms with van der Waals surface area (Å²) in [5.41, 5.74) is 0. The fourth-order valence-corrected chi connectivity index (χ4v) is 3.98. The number of allylic oxidation sites excluding steroid dienone is 2. The summed E-state index contributed by atoms with van der Waals surface area (Å²) < 4.78 is 6.00. The molecule has 0 saturated carbocycles. The van der Waals surface area contributed by atoms with E-state index in [9.17, 15) is 0 Å². The van der Waals surface area contributed by atoms with Gasteiger partial charge in [-0.15, -0.1) is 12.7 Å². The van der Waals surface area contributed by atoms with Crippen molar-refractivity contribution in [1.82, 2.24) is 0 Å². The van der Waals surface area contributed by atoms with Gasteiger partial charge in [0.15, 0.2) is 0 Å². The zero-order valence-corrected chi connectivity index (χ0v) is 11.1. The van der Waals surface area contributed by atoms with Gasteiger partial charge in [-0.25, -0.2) is 6.92 Å². The molecule has 14 heavy (non-hydrogen) atoms. The maximum absolute atomic E-state index is 6.00. The molecule has 0 N–H and O–H groups in total. The molecule has 0 radical (unpaired) electrons. The van der Waals surface area contributed by atoms with E-state index in [0.717, 1.165) is 23.9 Å². The van der Waals surface area contributed by atoms with Crippen LogP contribution in [0.25, 0.3) is 0 Å². The molecule has 0 unspecified atom stereocenters. The zero-order valence-electron chi connectivity index (χ0n) is 10.1. The van der Waals surface area contributed by atoms with Crippen LogP contribution in [0.4, 0.5) is 0 Å². The van der Waals surface area contributed by atoms with Crippen LogP contribution in [-0.2, 0) is 4.43 Å². The van der Waals surface area contributed by atoms with Gasteiger partial charge in [0.05, 0.1) is 0 Å². The van der Waals surface area contributed by atoms with Crippen molar-refractivity contribution in [3.05, 3.63) is 31.4 Å². The third-order valence-corrected chi connectivity index (χ3v) is 7.20. The average Bonchev–Trinajstić information content (AvgIpc) is 2.21. The van der Waals surface area contributed by atoms with Crippen molar-refractivity contribution in [1.29, 1.82) is 0 Å². The van der Waals surface area contributed by atoms with Crippen LogP contribution in [0.2, 0.25) is 18.1 Å². The fourth-order valence-electron chi connectivity index (χ4n) is 1.38. The molecule has 0 saturated heterocycles. The Kier molecular flexibility index (Phi) is 9.71. The van der Waals surface area contributed by atoms with Crippen LogP contribution in [-0.4, -0.2) is 8.32 Å². The zero-order chi connectivity index (χ0) is 10.3. The fraction of sp³-hybridized carbons (Fsp3) is 0.545. The van der Waals surface area contributed by atoms with Crippen LogP contribution in [0.5, 0.6) is 0 Å². The van der Waals surface area contributed by atoms with Gasteiger partial charge in [-0.05, 0) is 18.1 Å². The number of hydrogen-bond acceptors (Lipinski definition) is 1. The van der Waals surface area contributed by atoms with E-state index in [-0.39, 0.29) is 18.9 Å². The molecule has 0 spiro atoms. The van der Waals surface area contributed by atoms with Crippen molar-refractivity contribution < 1.29 is 23.3 Å². The second-order valence-electron chi connectivity index (χ2n) is 3.16. The van der Waals surface area contributed by atoms with Crippen LogP contribution >= 0.6 is 0 Å². The first kappa shape index (κ1) is 16.4. The third-order valence-electron chi connectivity index (χ3n) is 2.67. The molecule has 0 atom stereocenters. The predicted molar refractivity (Wildman–Crippen MR) is 61.9 cm³/mol. The molecular formula is C11H21LiOSi. The van der Waals surface area contributed by atoms with Gasteiger partial charge in [0.2, 0.25) is 8.32 Å². The van der Waals surface area contributed by atoms with Crippen molar-refractivity contribution >= 4 is 8.32 Å². The SMILES string of the molecule is C=CC(=C[CH2-])O[Si](CC)(CC)CC.[Li+]. The Morgan fingerprint density at radius 1 is 1.29 bits per heavy atom. The molecular weight excluding hydrogens is 183 g/mol. The largest absolute Gasteiger partial charge is 1.00 e. The van der Waals surface area contributed by atoms with E-state index in [1.807, 2.05) is 0 Å². The van der Waals surface area contributed by atoms with E-state index in [1.165, 1.54) is 0 Å². The van der Waals surface area contributed by atoms with Gasteiger partial charge in [0, 0.05) is 0 Å². The Labute approximate surface area is 102 Å². The number of rotatable bonds is 6. The van der Waals surface area contributed by atoms with Crippen LogP contribution < -0.4 is 18.9 Å². The molecule has 3 heteroatoms. The molecule has 0 aliphatic carbocycles. The van der Waals surface area contributed by atoms with E-state index in [2.05, 4.69) is 34.3 Å². The topological polar surface area (TPSA) is 9.23 Å². The summed E-state index contributed by atoms with van der Waals surface area (Å²) in [6.07, 6.45) is 3.49. The molecule has 0 aromatic heterocycles. The maximum Gasteiger partial charge on any atom is 1.00 e. The first-order valence-electron chi connectivity index (χ1n) is 4.98. The monoisotopic (exact) mass is 204 g/mol. The Morgan fingerprint density at radius 2 is 1.71 bits per heavy atom. The standard InChI is InChI=1S/C11H21OSi.Li/c1-6-11(7-2)12-13(8-3,9-4)10-5;/h6-7H,1-2,8-10H2,3-5H3;/q-1;+1. The minimum Gasteiger partial charge on any atom is -0.631 e. The summed E-state index contributed by atoms with van der Waals surface area (Å²) in [4.78, 5) is 0. The molecule has 76 valence electrons. The smallest absolute Gasteiger partial charge is 0.631 e. The van der Waals surface area contributed by atoms with Crippen molar-refractivity contribution in [2.45, 2.75) is 38.9 Å². The number of hydrogen-bond donors (Lipinski definition) is 0. The maximum atomic E-state index is 6.00. The molecule has 0 amide bonds. The first-order valence-corrected chi connectivity index (χ1v) is 7.51.